The van der Waals surface area contributed by atoms with Gasteiger partial charge in [0.15, 0.2) is 11.5 Å². The lowest BCUT2D eigenvalue weighted by Crippen LogP contribution is -2.26. The third kappa shape index (κ3) is 3.46. The van der Waals surface area contributed by atoms with Crippen LogP contribution in [0.1, 0.15) is 31.1 Å². The van der Waals surface area contributed by atoms with Gasteiger partial charge < -0.3 is 15.1 Å². The minimum Gasteiger partial charge on any atom is -0.504 e. The van der Waals surface area contributed by atoms with Crippen molar-refractivity contribution in [1.82, 2.24) is 4.90 Å². The average molecular weight is 225 g/mol. The molecule has 0 heterocycles. The predicted molar refractivity (Wildman–Crippen MR) is 63.8 cm³/mol. The fourth-order valence-electron chi connectivity index (χ4n) is 1.02. The number of phenols is 2. The standard InChI is InChI=1S/C10H13NO3.C2H6/c1-3-11(2)10(14)7-4-5-8(12)9(13)6-7;1-2/h4-6,12-13H,3H2,1-2H3;1-2H3. The minimum absolute atomic E-state index is 0.178. The smallest absolute Gasteiger partial charge is 0.253 e. The number of benzene rings is 1. The van der Waals surface area contributed by atoms with Gasteiger partial charge in [0, 0.05) is 19.2 Å². The molecule has 1 rings (SSSR count). The number of nitrogens with zero attached hydrogens (tertiary/aromatic N) is 1. The van der Waals surface area contributed by atoms with Crippen molar-refractivity contribution in [2.75, 3.05) is 13.6 Å². The van der Waals surface area contributed by atoms with Crippen LogP contribution in [0.3, 0.4) is 0 Å². The Morgan fingerprint density at radius 2 is 1.81 bits per heavy atom. The Bertz CT molecular complexity index is 350. The summed E-state index contributed by atoms with van der Waals surface area (Å²) >= 11 is 0. The van der Waals surface area contributed by atoms with Crippen molar-refractivity contribution >= 4 is 5.91 Å². The molecule has 90 valence electrons. The Morgan fingerprint density at radius 1 is 1.25 bits per heavy atom. The van der Waals surface area contributed by atoms with Crippen LogP contribution in [-0.2, 0) is 0 Å². The van der Waals surface area contributed by atoms with E-state index in [1.165, 1.54) is 23.1 Å². The van der Waals surface area contributed by atoms with Gasteiger partial charge in [-0.05, 0) is 25.1 Å². The molecule has 1 amide bonds. The van der Waals surface area contributed by atoms with E-state index in [2.05, 4.69) is 0 Å². The van der Waals surface area contributed by atoms with E-state index < -0.39 is 0 Å². The molecule has 0 atom stereocenters. The van der Waals surface area contributed by atoms with Crippen molar-refractivity contribution in [2.45, 2.75) is 20.8 Å². The summed E-state index contributed by atoms with van der Waals surface area (Å²) < 4.78 is 0. The molecule has 1 aromatic carbocycles. The van der Waals surface area contributed by atoms with Crippen molar-refractivity contribution < 1.29 is 15.0 Å². The molecular weight excluding hydrogens is 206 g/mol. The molecule has 4 heteroatoms. The Hall–Kier alpha value is -1.71. The zero-order valence-corrected chi connectivity index (χ0v) is 10.2. The number of hydrogen-bond acceptors (Lipinski definition) is 3. The van der Waals surface area contributed by atoms with Gasteiger partial charge >= 0.3 is 0 Å². The second-order valence-electron chi connectivity index (χ2n) is 3.02. The number of rotatable bonds is 2. The molecule has 0 fully saturated rings. The van der Waals surface area contributed by atoms with Gasteiger partial charge in [-0.25, -0.2) is 0 Å². The summed E-state index contributed by atoms with van der Waals surface area (Å²) in [5, 5.41) is 18.2. The molecule has 0 spiro atoms. The SMILES string of the molecule is CC.CCN(C)C(=O)c1ccc(O)c(O)c1. The zero-order chi connectivity index (χ0) is 12.7. The van der Waals surface area contributed by atoms with Gasteiger partial charge in [-0.3, -0.25) is 4.79 Å². The zero-order valence-electron chi connectivity index (χ0n) is 10.2. The van der Waals surface area contributed by atoms with E-state index in [1.54, 1.807) is 7.05 Å². The summed E-state index contributed by atoms with van der Waals surface area (Å²) in [5.41, 5.74) is 0.365. The molecule has 0 aliphatic heterocycles. The van der Waals surface area contributed by atoms with Crippen LogP contribution in [0.25, 0.3) is 0 Å². The van der Waals surface area contributed by atoms with Gasteiger partial charge in [0.1, 0.15) is 0 Å². The monoisotopic (exact) mass is 225 g/mol. The van der Waals surface area contributed by atoms with Crippen LogP contribution in [0, 0.1) is 0 Å². The van der Waals surface area contributed by atoms with Gasteiger partial charge in [0.25, 0.3) is 5.91 Å². The Kier molecular flexibility index (Phi) is 6.00. The third-order valence-electron chi connectivity index (χ3n) is 2.04. The fourth-order valence-corrected chi connectivity index (χ4v) is 1.02. The number of amides is 1. The molecule has 0 aromatic heterocycles. The number of aromatic hydroxyl groups is 2. The van der Waals surface area contributed by atoms with Crippen LogP contribution in [0.5, 0.6) is 11.5 Å². The first kappa shape index (κ1) is 14.3. The summed E-state index contributed by atoms with van der Waals surface area (Å²) in [4.78, 5) is 13.1. The van der Waals surface area contributed by atoms with Crippen LogP contribution < -0.4 is 0 Å². The average Bonchev–Trinajstić information content (AvgIpc) is 2.33. The van der Waals surface area contributed by atoms with E-state index in [-0.39, 0.29) is 17.4 Å². The topological polar surface area (TPSA) is 60.8 Å². The van der Waals surface area contributed by atoms with E-state index in [4.69, 9.17) is 5.11 Å². The van der Waals surface area contributed by atoms with E-state index in [1.807, 2.05) is 20.8 Å². The summed E-state index contributed by atoms with van der Waals surface area (Å²) in [6.07, 6.45) is 0. The third-order valence-corrected chi connectivity index (χ3v) is 2.04. The highest BCUT2D eigenvalue weighted by atomic mass is 16.3. The van der Waals surface area contributed by atoms with E-state index in [0.29, 0.717) is 12.1 Å². The van der Waals surface area contributed by atoms with Crippen LogP contribution >= 0.6 is 0 Å². The minimum atomic E-state index is -0.277. The van der Waals surface area contributed by atoms with Gasteiger partial charge in [0.2, 0.25) is 0 Å². The van der Waals surface area contributed by atoms with E-state index >= 15 is 0 Å². The van der Waals surface area contributed by atoms with Crippen molar-refractivity contribution in [2.24, 2.45) is 0 Å². The summed E-state index contributed by atoms with van der Waals surface area (Å²) in [7, 11) is 1.67. The molecule has 0 unspecified atom stereocenters. The summed E-state index contributed by atoms with van der Waals surface area (Å²) in [5.74, 6) is -0.677. The molecule has 0 bridgehead atoms. The number of phenolic OH excluding ortho intramolecular Hbond substituents is 2. The lowest BCUT2D eigenvalue weighted by atomic mass is 10.2. The Labute approximate surface area is 96.1 Å². The summed E-state index contributed by atoms with van der Waals surface area (Å²) in [6, 6.07) is 4.03. The van der Waals surface area contributed by atoms with Gasteiger partial charge in [-0.1, -0.05) is 13.8 Å². The molecule has 1 aromatic rings. The largest absolute Gasteiger partial charge is 0.504 e. The van der Waals surface area contributed by atoms with Crippen molar-refractivity contribution in [3.63, 3.8) is 0 Å². The van der Waals surface area contributed by atoms with Crippen LogP contribution in [0.2, 0.25) is 0 Å². The lowest BCUT2D eigenvalue weighted by Gasteiger charge is -2.14. The second kappa shape index (κ2) is 6.71. The number of carbonyl (C=O) groups is 1. The first-order valence-electron chi connectivity index (χ1n) is 5.33. The maximum absolute atomic E-state index is 11.6. The summed E-state index contributed by atoms with van der Waals surface area (Å²) in [6.45, 7) is 6.46. The quantitative estimate of drug-likeness (QED) is 0.759. The maximum atomic E-state index is 11.6. The maximum Gasteiger partial charge on any atom is 0.253 e. The molecule has 0 saturated heterocycles. The van der Waals surface area contributed by atoms with Crippen LogP contribution in [0.4, 0.5) is 0 Å². The van der Waals surface area contributed by atoms with Crippen LogP contribution in [0.15, 0.2) is 18.2 Å². The first-order chi connectivity index (χ1) is 7.56. The van der Waals surface area contributed by atoms with Crippen molar-refractivity contribution in [1.29, 1.82) is 0 Å². The molecular formula is C12H19NO3. The normalized spacial score (nSPS) is 9.00. The second-order valence-corrected chi connectivity index (χ2v) is 3.02. The molecule has 2 N–H and O–H groups in total. The van der Waals surface area contributed by atoms with Crippen LogP contribution in [-0.4, -0.2) is 34.6 Å². The van der Waals surface area contributed by atoms with Crippen molar-refractivity contribution in [3.05, 3.63) is 23.8 Å². The van der Waals surface area contributed by atoms with E-state index in [9.17, 15) is 9.90 Å². The highest BCUT2D eigenvalue weighted by molar-refractivity contribution is 5.94. The van der Waals surface area contributed by atoms with Gasteiger partial charge in [0.05, 0.1) is 0 Å². The highest BCUT2D eigenvalue weighted by Crippen LogP contribution is 2.25. The Balaban J connectivity index is 0.00000106. The number of carbonyl (C=O) groups excluding carboxylic acids is 1. The lowest BCUT2D eigenvalue weighted by molar-refractivity contribution is 0.0802. The molecule has 16 heavy (non-hydrogen) atoms. The molecule has 4 nitrogen and oxygen atoms in total. The predicted octanol–water partition coefficient (Wildman–Crippen LogP) is 2.22. The molecule has 0 aliphatic rings. The first-order valence-corrected chi connectivity index (χ1v) is 5.33. The molecule has 0 saturated carbocycles. The Morgan fingerprint density at radius 3 is 2.25 bits per heavy atom. The number of hydrogen-bond donors (Lipinski definition) is 2. The van der Waals surface area contributed by atoms with Crippen molar-refractivity contribution in [3.8, 4) is 11.5 Å². The molecule has 0 aliphatic carbocycles. The van der Waals surface area contributed by atoms with Gasteiger partial charge in [-0.2, -0.15) is 0 Å². The highest BCUT2D eigenvalue weighted by Gasteiger charge is 2.11. The van der Waals surface area contributed by atoms with Gasteiger partial charge in [-0.15, -0.1) is 0 Å². The molecule has 0 radical (unpaired) electrons. The fraction of sp³-hybridized carbons (Fsp3) is 0.417. The van der Waals surface area contributed by atoms with E-state index in [0.717, 1.165) is 0 Å².